The minimum atomic E-state index is 0. The van der Waals surface area contributed by atoms with E-state index in [0.29, 0.717) is 0 Å². The molecule has 2 aliphatic heterocycles. The Kier molecular flexibility index (Phi) is 11.9. The first-order valence-electron chi connectivity index (χ1n) is 8.75. The molecule has 2 aromatic rings. The molecule has 2 heterocycles. The maximum Gasteiger partial charge on any atom is 2.00 e. The third-order valence-electron chi connectivity index (χ3n) is 3.51. The van der Waals surface area contributed by atoms with Gasteiger partial charge >= 0.3 is 37.1 Å². The predicted molar refractivity (Wildman–Crippen MR) is 110 cm³/mol. The van der Waals surface area contributed by atoms with Crippen LogP contribution in [0.4, 0.5) is 0 Å². The van der Waals surface area contributed by atoms with Crippen LogP contribution in [-0.4, -0.2) is 15.4 Å². The summed E-state index contributed by atoms with van der Waals surface area (Å²) in [4.78, 5) is 0. The molecule has 12 radical (unpaired) electrons. The van der Waals surface area contributed by atoms with Crippen LogP contribution in [-0.2, 0) is 21.7 Å². The van der Waals surface area contributed by atoms with Crippen molar-refractivity contribution >= 4 is 15.4 Å². The molecular weight excluding hydrogens is 398 g/mol. The zero-order chi connectivity index (χ0) is 19.3. The van der Waals surface area contributed by atoms with Crippen molar-refractivity contribution in [2.45, 2.75) is 0 Å². The third-order valence-corrected chi connectivity index (χ3v) is 3.51. The molecule has 4 nitrogen and oxygen atoms in total. The Morgan fingerprint density at radius 1 is 0.379 bits per heavy atom. The standard InChI is InChI=1S/2C6H4BO2.2C5H5.Ti/c2*1-2-4-6-5(3-1)8-7-9-6;2*1-2-4-5-3-1;/h2*1-4H;2*1-5H;/q;;;;+2. The normalized spacial score (nSPS) is 16.3. The van der Waals surface area contributed by atoms with E-state index < -0.39 is 0 Å². The van der Waals surface area contributed by atoms with E-state index in [1.165, 1.54) is 15.4 Å². The predicted octanol–water partition coefficient (Wildman–Crippen LogP) is 4.02. The van der Waals surface area contributed by atoms with Crippen LogP contribution >= 0.6 is 0 Å². The Bertz CT molecular complexity index is 573. The molecule has 0 unspecified atom stereocenters. The van der Waals surface area contributed by atoms with Crippen LogP contribution in [0.3, 0.4) is 0 Å². The molecule has 138 valence electrons. The summed E-state index contributed by atoms with van der Waals surface area (Å²) in [5.74, 6) is 3.16. The van der Waals surface area contributed by atoms with Gasteiger partial charge in [-0.15, -0.1) is 0 Å². The summed E-state index contributed by atoms with van der Waals surface area (Å²) < 4.78 is 19.8. The van der Waals surface area contributed by atoms with Crippen molar-refractivity contribution in [2.75, 3.05) is 0 Å². The molecule has 0 atom stereocenters. The summed E-state index contributed by atoms with van der Waals surface area (Å²) in [5.41, 5.74) is 0. The zero-order valence-electron chi connectivity index (χ0n) is 15.7. The van der Waals surface area contributed by atoms with Gasteiger partial charge in [0.05, 0.1) is 0 Å². The molecular formula is C22H18B2O4Ti+2. The molecule has 7 heteroatoms. The number of rotatable bonds is 0. The van der Waals surface area contributed by atoms with E-state index in [1.807, 2.05) is 113 Å². The van der Waals surface area contributed by atoms with Gasteiger partial charge in [0.25, 0.3) is 0 Å². The molecule has 2 saturated carbocycles. The molecule has 0 amide bonds. The fourth-order valence-corrected chi connectivity index (χ4v) is 2.19. The Morgan fingerprint density at radius 3 is 0.793 bits per heavy atom. The van der Waals surface area contributed by atoms with Gasteiger partial charge in [-0.2, -0.15) is 0 Å². The SMILES string of the molecule is [B]1Oc2ccccc2O1.[B]1Oc2ccccc2O1.[CH]1[CH][CH][CH][CH]1.[CH]1[CH][CH][CH][CH]1.[Ti+2]. The smallest absolute Gasteiger partial charge is 0.524 e. The zero-order valence-corrected chi connectivity index (χ0v) is 17.2. The average molecular weight is 416 g/mol. The van der Waals surface area contributed by atoms with Crippen molar-refractivity contribution in [3.8, 4) is 23.0 Å². The number of hydrogen-bond donors (Lipinski definition) is 0. The maximum absolute atomic E-state index is 4.95. The Labute approximate surface area is 191 Å². The van der Waals surface area contributed by atoms with Crippen molar-refractivity contribution in [2.24, 2.45) is 0 Å². The molecule has 0 aromatic heterocycles. The molecule has 2 fully saturated rings. The molecule has 0 spiro atoms. The number of fused-ring (bicyclic) bond motifs is 2. The van der Waals surface area contributed by atoms with Crippen molar-refractivity contribution < 1.29 is 40.3 Å². The Morgan fingerprint density at radius 2 is 0.586 bits per heavy atom. The van der Waals surface area contributed by atoms with Crippen LogP contribution in [0.15, 0.2) is 48.5 Å². The van der Waals surface area contributed by atoms with Crippen molar-refractivity contribution in [3.05, 3.63) is 113 Å². The Balaban J connectivity index is 0.000000142. The second-order valence-corrected chi connectivity index (χ2v) is 5.48. The van der Waals surface area contributed by atoms with Crippen molar-refractivity contribution in [1.82, 2.24) is 0 Å². The average Bonchev–Trinajstić information content (AvgIpc) is 3.56. The van der Waals surface area contributed by atoms with E-state index in [2.05, 4.69) is 0 Å². The number of benzene rings is 2. The fraction of sp³-hybridized carbons (Fsp3) is 0. The van der Waals surface area contributed by atoms with Crippen molar-refractivity contribution in [1.29, 1.82) is 0 Å². The second kappa shape index (κ2) is 14.5. The fourth-order valence-electron chi connectivity index (χ4n) is 2.19. The van der Waals surface area contributed by atoms with E-state index in [4.69, 9.17) is 18.6 Å². The van der Waals surface area contributed by atoms with Gasteiger partial charge in [-0.3, -0.25) is 0 Å². The second-order valence-electron chi connectivity index (χ2n) is 5.48. The summed E-state index contributed by atoms with van der Waals surface area (Å²) in [6.45, 7) is 0. The largest absolute Gasteiger partial charge is 2.00 e. The van der Waals surface area contributed by atoms with Gasteiger partial charge in [-0.25, -0.2) is 0 Å². The van der Waals surface area contributed by atoms with Gasteiger partial charge < -0.3 is 18.6 Å². The molecule has 0 saturated heterocycles. The summed E-state index contributed by atoms with van der Waals surface area (Å²) >= 11 is 0. The van der Waals surface area contributed by atoms with Crippen LogP contribution in [0.2, 0.25) is 0 Å². The van der Waals surface area contributed by atoms with E-state index in [-0.39, 0.29) is 21.7 Å². The van der Waals surface area contributed by atoms with E-state index in [1.54, 1.807) is 0 Å². The monoisotopic (exact) mass is 416 g/mol. The quantitative estimate of drug-likeness (QED) is 0.609. The van der Waals surface area contributed by atoms with Gasteiger partial charge in [0.2, 0.25) is 0 Å². The van der Waals surface area contributed by atoms with Gasteiger partial charge in [-0.1, -0.05) is 24.3 Å². The van der Waals surface area contributed by atoms with E-state index in [0.717, 1.165) is 23.0 Å². The first-order chi connectivity index (χ1) is 13.9. The number of para-hydroxylation sites is 4. The van der Waals surface area contributed by atoms with Crippen LogP contribution in [0.1, 0.15) is 0 Å². The topological polar surface area (TPSA) is 36.9 Å². The molecule has 0 bridgehead atoms. The summed E-state index contributed by atoms with van der Waals surface area (Å²) in [6.07, 6.45) is 20.0. The Hall–Kier alpha value is -1.52. The van der Waals surface area contributed by atoms with Gasteiger partial charge in [0.15, 0.2) is 0 Å². The number of hydrogen-bond acceptors (Lipinski definition) is 4. The van der Waals surface area contributed by atoms with E-state index >= 15 is 0 Å². The van der Waals surface area contributed by atoms with Gasteiger partial charge in [0, 0.05) is 0 Å². The molecule has 6 rings (SSSR count). The first kappa shape index (κ1) is 23.8. The molecule has 29 heavy (non-hydrogen) atoms. The van der Waals surface area contributed by atoms with Crippen LogP contribution in [0.25, 0.3) is 0 Å². The maximum atomic E-state index is 4.95. The minimum absolute atomic E-state index is 0. The summed E-state index contributed by atoms with van der Waals surface area (Å²) in [6, 6.07) is 15.1. The minimum Gasteiger partial charge on any atom is -0.524 e. The summed E-state index contributed by atoms with van der Waals surface area (Å²) in [7, 11) is 2.65. The molecule has 2 aliphatic carbocycles. The van der Waals surface area contributed by atoms with Gasteiger partial charge in [-0.05, 0) is 88.5 Å². The molecule has 4 aliphatic rings. The molecule has 0 N–H and O–H groups in total. The van der Waals surface area contributed by atoms with Crippen LogP contribution < -0.4 is 18.6 Å². The van der Waals surface area contributed by atoms with Crippen LogP contribution in [0.5, 0.6) is 23.0 Å². The van der Waals surface area contributed by atoms with Crippen molar-refractivity contribution in [3.63, 3.8) is 0 Å². The summed E-state index contributed by atoms with van der Waals surface area (Å²) in [5, 5.41) is 0. The molecule has 2 aromatic carbocycles. The van der Waals surface area contributed by atoms with Gasteiger partial charge in [0.1, 0.15) is 23.0 Å². The van der Waals surface area contributed by atoms with E-state index in [9.17, 15) is 0 Å². The first-order valence-corrected chi connectivity index (χ1v) is 8.75. The van der Waals surface area contributed by atoms with Crippen LogP contribution in [0, 0.1) is 64.2 Å². The third kappa shape index (κ3) is 8.80.